The highest BCUT2D eigenvalue weighted by Crippen LogP contribution is 2.33. The molecule has 1 aromatic carbocycles. The second-order valence-electron chi connectivity index (χ2n) is 5.04. The monoisotopic (exact) mass is 233 g/mol. The van der Waals surface area contributed by atoms with Gasteiger partial charge in [-0.1, -0.05) is 25.0 Å². The molecule has 2 nitrogen and oxygen atoms in total. The summed E-state index contributed by atoms with van der Waals surface area (Å²) >= 11 is 0. The van der Waals surface area contributed by atoms with Crippen LogP contribution in [0.3, 0.4) is 0 Å². The van der Waals surface area contributed by atoms with Gasteiger partial charge in [-0.25, -0.2) is 0 Å². The third kappa shape index (κ3) is 4.04. The molecule has 0 amide bonds. The van der Waals surface area contributed by atoms with Gasteiger partial charge in [-0.3, -0.25) is 0 Å². The second kappa shape index (κ2) is 6.06. The van der Waals surface area contributed by atoms with Crippen LogP contribution >= 0.6 is 0 Å². The number of benzene rings is 1. The smallest absolute Gasteiger partial charge is 0.119 e. The number of hydrogen-bond donors (Lipinski definition) is 1. The molecule has 0 radical (unpaired) electrons. The molecule has 17 heavy (non-hydrogen) atoms. The third-order valence-corrected chi connectivity index (χ3v) is 3.53. The molecular weight excluding hydrogens is 210 g/mol. The molecule has 1 N–H and O–H groups in total. The average molecular weight is 233 g/mol. The lowest BCUT2D eigenvalue weighted by Gasteiger charge is -2.15. The fraction of sp³-hybridized carbons (Fsp3) is 0.600. The predicted molar refractivity (Wildman–Crippen MR) is 71.4 cm³/mol. The molecule has 1 aliphatic rings. The summed E-state index contributed by atoms with van der Waals surface area (Å²) in [6.45, 7) is 3.33. The SMILES string of the molecule is COc1cccc(C(C)NCCCC2CC2)c1. The van der Waals surface area contributed by atoms with Gasteiger partial charge in [0.15, 0.2) is 0 Å². The van der Waals surface area contributed by atoms with Crippen LogP contribution in [0.4, 0.5) is 0 Å². The van der Waals surface area contributed by atoms with Crippen LogP contribution < -0.4 is 10.1 Å². The first-order valence-corrected chi connectivity index (χ1v) is 6.67. The zero-order valence-corrected chi connectivity index (χ0v) is 10.9. The van der Waals surface area contributed by atoms with Crippen LogP contribution in [0.15, 0.2) is 24.3 Å². The number of hydrogen-bond acceptors (Lipinski definition) is 2. The lowest BCUT2D eigenvalue weighted by Crippen LogP contribution is -2.19. The molecule has 94 valence electrons. The molecule has 2 rings (SSSR count). The third-order valence-electron chi connectivity index (χ3n) is 3.53. The average Bonchev–Trinajstić information content (AvgIpc) is 3.18. The Labute approximate surface area is 104 Å². The normalized spacial score (nSPS) is 16.8. The maximum Gasteiger partial charge on any atom is 0.119 e. The van der Waals surface area contributed by atoms with E-state index in [1.54, 1.807) is 7.11 Å². The zero-order valence-electron chi connectivity index (χ0n) is 10.9. The van der Waals surface area contributed by atoms with Crippen molar-refractivity contribution in [3.05, 3.63) is 29.8 Å². The summed E-state index contributed by atoms with van der Waals surface area (Å²) in [6, 6.07) is 8.71. The van der Waals surface area contributed by atoms with Crippen LogP contribution in [0.1, 0.15) is 44.2 Å². The van der Waals surface area contributed by atoms with E-state index in [1.165, 1.54) is 31.2 Å². The Morgan fingerprint density at radius 2 is 2.24 bits per heavy atom. The molecule has 2 heteroatoms. The van der Waals surface area contributed by atoms with E-state index in [4.69, 9.17) is 4.74 Å². The van der Waals surface area contributed by atoms with E-state index in [0.29, 0.717) is 6.04 Å². The first-order valence-electron chi connectivity index (χ1n) is 6.67. The summed E-state index contributed by atoms with van der Waals surface area (Å²) in [4.78, 5) is 0. The molecule has 0 bridgehead atoms. The minimum atomic E-state index is 0.407. The van der Waals surface area contributed by atoms with Crippen molar-refractivity contribution in [3.63, 3.8) is 0 Å². The van der Waals surface area contributed by atoms with Crippen LogP contribution in [0.2, 0.25) is 0 Å². The minimum absolute atomic E-state index is 0.407. The van der Waals surface area contributed by atoms with Gasteiger partial charge < -0.3 is 10.1 Å². The Morgan fingerprint density at radius 1 is 1.41 bits per heavy atom. The summed E-state index contributed by atoms with van der Waals surface area (Å²) < 4.78 is 5.24. The Hall–Kier alpha value is -1.02. The van der Waals surface area contributed by atoms with Gasteiger partial charge in [0.1, 0.15) is 5.75 Å². The zero-order chi connectivity index (χ0) is 12.1. The molecule has 1 aliphatic carbocycles. The summed E-state index contributed by atoms with van der Waals surface area (Å²) in [7, 11) is 1.72. The van der Waals surface area contributed by atoms with E-state index in [2.05, 4.69) is 30.4 Å². The van der Waals surface area contributed by atoms with Crippen molar-refractivity contribution < 1.29 is 4.74 Å². The van der Waals surface area contributed by atoms with Crippen LogP contribution in [-0.2, 0) is 0 Å². The van der Waals surface area contributed by atoms with E-state index < -0.39 is 0 Å². The quantitative estimate of drug-likeness (QED) is 0.727. The van der Waals surface area contributed by atoms with Crippen molar-refractivity contribution in [1.29, 1.82) is 0 Å². The highest BCUT2D eigenvalue weighted by Gasteiger charge is 2.20. The summed E-state index contributed by atoms with van der Waals surface area (Å²) in [6.07, 6.45) is 5.63. The highest BCUT2D eigenvalue weighted by molar-refractivity contribution is 5.30. The van der Waals surface area contributed by atoms with Crippen molar-refractivity contribution in [1.82, 2.24) is 5.32 Å². The first-order chi connectivity index (χ1) is 8.29. The van der Waals surface area contributed by atoms with E-state index in [0.717, 1.165) is 18.2 Å². The lowest BCUT2D eigenvalue weighted by atomic mass is 10.1. The fourth-order valence-corrected chi connectivity index (χ4v) is 2.14. The number of nitrogens with one attached hydrogen (secondary N) is 1. The molecule has 0 aromatic heterocycles. The van der Waals surface area contributed by atoms with Crippen molar-refractivity contribution in [2.45, 2.75) is 38.6 Å². The molecule has 0 spiro atoms. The van der Waals surface area contributed by atoms with Crippen LogP contribution in [-0.4, -0.2) is 13.7 Å². The van der Waals surface area contributed by atoms with Crippen molar-refractivity contribution >= 4 is 0 Å². The molecule has 1 saturated carbocycles. The van der Waals surface area contributed by atoms with Crippen molar-refractivity contribution in [3.8, 4) is 5.75 Å². The van der Waals surface area contributed by atoms with Crippen LogP contribution in [0.25, 0.3) is 0 Å². The van der Waals surface area contributed by atoms with Gasteiger partial charge in [0, 0.05) is 6.04 Å². The Morgan fingerprint density at radius 3 is 2.94 bits per heavy atom. The minimum Gasteiger partial charge on any atom is -0.497 e. The second-order valence-corrected chi connectivity index (χ2v) is 5.04. The van der Waals surface area contributed by atoms with Crippen LogP contribution in [0, 0.1) is 5.92 Å². The predicted octanol–water partition coefficient (Wildman–Crippen LogP) is 3.54. The van der Waals surface area contributed by atoms with Gasteiger partial charge in [-0.2, -0.15) is 0 Å². The fourth-order valence-electron chi connectivity index (χ4n) is 2.14. The van der Waals surface area contributed by atoms with E-state index in [1.807, 2.05) is 6.07 Å². The topological polar surface area (TPSA) is 21.3 Å². The van der Waals surface area contributed by atoms with E-state index in [-0.39, 0.29) is 0 Å². The van der Waals surface area contributed by atoms with Gasteiger partial charge in [-0.05, 0) is 49.9 Å². The molecule has 1 aromatic rings. The molecule has 1 fully saturated rings. The van der Waals surface area contributed by atoms with Gasteiger partial charge >= 0.3 is 0 Å². The first kappa shape index (κ1) is 12.4. The molecule has 0 heterocycles. The highest BCUT2D eigenvalue weighted by atomic mass is 16.5. The van der Waals surface area contributed by atoms with Crippen molar-refractivity contribution in [2.75, 3.05) is 13.7 Å². The van der Waals surface area contributed by atoms with Gasteiger partial charge in [0.05, 0.1) is 7.11 Å². The Bertz CT molecular complexity index is 347. The Balaban J connectivity index is 1.74. The molecule has 1 atom stereocenters. The maximum absolute atomic E-state index is 5.24. The largest absolute Gasteiger partial charge is 0.497 e. The number of rotatable bonds is 7. The standard InChI is InChI=1S/C15H23NO/c1-12(16-10-4-5-13-8-9-13)14-6-3-7-15(11-14)17-2/h3,6-7,11-13,16H,4-5,8-10H2,1-2H3. The van der Waals surface area contributed by atoms with Gasteiger partial charge in [-0.15, -0.1) is 0 Å². The summed E-state index contributed by atoms with van der Waals surface area (Å²) in [5, 5.41) is 3.58. The molecule has 0 saturated heterocycles. The molecule has 0 aliphatic heterocycles. The van der Waals surface area contributed by atoms with E-state index in [9.17, 15) is 0 Å². The summed E-state index contributed by atoms with van der Waals surface area (Å²) in [5.41, 5.74) is 1.30. The Kier molecular flexibility index (Phi) is 4.43. The number of methoxy groups -OCH3 is 1. The maximum atomic E-state index is 5.24. The van der Waals surface area contributed by atoms with Crippen LogP contribution in [0.5, 0.6) is 5.75 Å². The van der Waals surface area contributed by atoms with E-state index >= 15 is 0 Å². The lowest BCUT2D eigenvalue weighted by molar-refractivity contribution is 0.413. The molecular formula is C15H23NO. The number of ether oxygens (including phenoxy) is 1. The van der Waals surface area contributed by atoms with Gasteiger partial charge in [0.2, 0.25) is 0 Å². The molecule has 1 unspecified atom stereocenters. The summed E-state index contributed by atoms with van der Waals surface area (Å²) in [5.74, 6) is 1.98. The van der Waals surface area contributed by atoms with Crippen molar-refractivity contribution in [2.24, 2.45) is 5.92 Å². The van der Waals surface area contributed by atoms with Gasteiger partial charge in [0.25, 0.3) is 0 Å².